The van der Waals surface area contributed by atoms with Crippen LogP contribution >= 0.6 is 0 Å². The molecule has 7 nitrogen and oxygen atoms in total. The summed E-state index contributed by atoms with van der Waals surface area (Å²) in [4.78, 5) is 13.9. The van der Waals surface area contributed by atoms with Gasteiger partial charge in [-0.3, -0.25) is 4.79 Å². The first-order valence-corrected chi connectivity index (χ1v) is 8.74. The highest BCUT2D eigenvalue weighted by Gasteiger charge is 2.37. The molecule has 1 aliphatic rings. The highest BCUT2D eigenvalue weighted by molar-refractivity contribution is 7.89. The first kappa shape index (κ1) is 17.4. The summed E-state index contributed by atoms with van der Waals surface area (Å²) < 4.78 is 25.0. The van der Waals surface area contributed by atoms with E-state index in [1.54, 1.807) is 24.3 Å². The molecule has 0 radical (unpaired) electrons. The van der Waals surface area contributed by atoms with Crippen molar-refractivity contribution >= 4 is 15.9 Å². The topological polar surface area (TPSA) is 102 Å². The molecule has 1 aromatic rings. The Morgan fingerprint density at radius 1 is 1.39 bits per heavy atom. The molecule has 2 rings (SSSR count). The lowest BCUT2D eigenvalue weighted by Crippen LogP contribution is -2.33. The maximum atomic E-state index is 12.5. The van der Waals surface area contributed by atoms with Crippen LogP contribution in [0.3, 0.4) is 0 Å². The molecule has 0 aliphatic carbocycles. The number of carbonyl (C=O) groups excluding carboxylic acids is 1. The summed E-state index contributed by atoms with van der Waals surface area (Å²) in [6.45, 7) is 0.207. The Labute approximate surface area is 135 Å². The van der Waals surface area contributed by atoms with Crippen molar-refractivity contribution in [1.29, 1.82) is 5.26 Å². The lowest BCUT2D eigenvalue weighted by atomic mass is 10.1. The summed E-state index contributed by atoms with van der Waals surface area (Å²) in [7, 11) is -0.592. The molecular formula is C15H19N3O4S. The molecule has 2 atom stereocenters. The van der Waals surface area contributed by atoms with Crippen molar-refractivity contribution in [3.05, 3.63) is 35.4 Å². The third-order valence-electron chi connectivity index (χ3n) is 3.95. The second-order valence-electron chi connectivity index (χ2n) is 5.76. The van der Waals surface area contributed by atoms with Crippen molar-refractivity contribution in [2.75, 3.05) is 32.9 Å². The number of sulfonamides is 1. The van der Waals surface area contributed by atoms with Crippen LogP contribution in [0.2, 0.25) is 0 Å². The van der Waals surface area contributed by atoms with E-state index in [0.29, 0.717) is 0 Å². The minimum absolute atomic E-state index is 0.0617. The zero-order chi connectivity index (χ0) is 17.2. The van der Waals surface area contributed by atoms with Crippen LogP contribution in [0, 0.1) is 17.2 Å². The van der Waals surface area contributed by atoms with Crippen LogP contribution in [0.1, 0.15) is 15.9 Å². The van der Waals surface area contributed by atoms with Gasteiger partial charge in [0.15, 0.2) is 0 Å². The van der Waals surface area contributed by atoms with Gasteiger partial charge in [0.1, 0.15) is 0 Å². The number of aliphatic hydroxyl groups is 1. The predicted octanol–water partition coefficient (Wildman–Crippen LogP) is -0.117. The molecule has 124 valence electrons. The van der Waals surface area contributed by atoms with Gasteiger partial charge in [-0.2, -0.15) is 5.26 Å². The predicted molar refractivity (Wildman–Crippen MR) is 84.0 cm³/mol. The third kappa shape index (κ3) is 3.69. The Morgan fingerprint density at radius 2 is 2.04 bits per heavy atom. The van der Waals surface area contributed by atoms with Gasteiger partial charge in [-0.15, -0.1) is 0 Å². The summed E-state index contributed by atoms with van der Waals surface area (Å²) in [5, 5.41) is 19.2. The van der Waals surface area contributed by atoms with Gasteiger partial charge >= 0.3 is 0 Å². The van der Waals surface area contributed by atoms with E-state index in [-0.39, 0.29) is 35.9 Å². The van der Waals surface area contributed by atoms with E-state index in [4.69, 9.17) is 5.26 Å². The van der Waals surface area contributed by atoms with Gasteiger partial charge in [-0.05, 0) is 12.1 Å². The fourth-order valence-electron chi connectivity index (χ4n) is 2.54. The van der Waals surface area contributed by atoms with E-state index in [1.807, 2.05) is 6.07 Å². The van der Waals surface area contributed by atoms with Crippen molar-refractivity contribution in [2.45, 2.75) is 6.10 Å². The Bertz CT molecular complexity index is 739. The van der Waals surface area contributed by atoms with Gasteiger partial charge in [-0.1, -0.05) is 12.1 Å². The first-order chi connectivity index (χ1) is 10.8. The maximum Gasteiger partial charge on any atom is 0.255 e. The summed E-state index contributed by atoms with van der Waals surface area (Å²) in [6.07, 6.45) is -0.900. The van der Waals surface area contributed by atoms with Gasteiger partial charge < -0.3 is 10.0 Å². The van der Waals surface area contributed by atoms with Crippen LogP contribution in [0.4, 0.5) is 0 Å². The lowest BCUT2D eigenvalue weighted by Gasteiger charge is -2.18. The first-order valence-electron chi connectivity index (χ1n) is 7.13. The molecule has 8 heteroatoms. The summed E-state index contributed by atoms with van der Waals surface area (Å²) >= 11 is 0. The molecule has 1 aromatic carbocycles. The number of likely N-dealkylation sites (tertiary alicyclic amines) is 1. The molecule has 1 N–H and O–H groups in total. The van der Waals surface area contributed by atoms with Crippen LogP contribution in [0.25, 0.3) is 0 Å². The molecule has 0 spiro atoms. The van der Waals surface area contributed by atoms with Crippen LogP contribution in [0.5, 0.6) is 0 Å². The highest BCUT2D eigenvalue weighted by atomic mass is 32.2. The zero-order valence-electron chi connectivity index (χ0n) is 13.0. The maximum absolute atomic E-state index is 12.5. The van der Waals surface area contributed by atoms with E-state index >= 15 is 0 Å². The largest absolute Gasteiger partial charge is 0.391 e. The van der Waals surface area contributed by atoms with E-state index in [9.17, 15) is 18.3 Å². The number of nitriles is 1. The fourth-order valence-corrected chi connectivity index (χ4v) is 3.71. The molecule has 23 heavy (non-hydrogen) atoms. The molecule has 1 amide bonds. The van der Waals surface area contributed by atoms with E-state index < -0.39 is 22.0 Å². The molecule has 1 aliphatic heterocycles. The van der Waals surface area contributed by atoms with Gasteiger partial charge in [0.2, 0.25) is 10.0 Å². The normalized spacial score (nSPS) is 21.4. The second-order valence-corrected chi connectivity index (χ2v) is 7.98. The van der Waals surface area contributed by atoms with Gasteiger partial charge in [-0.25, -0.2) is 12.7 Å². The third-order valence-corrected chi connectivity index (χ3v) is 5.91. The van der Waals surface area contributed by atoms with Crippen LogP contribution < -0.4 is 0 Å². The molecule has 1 heterocycles. The standard InChI is InChI=1S/C15H19N3O4S/c1-17(2)23(21,22)10-12-8-18(9-14(12)19)15(20)13-6-4-3-5-11(13)7-16/h3-6,12,14,19H,8-10H2,1-2H3/t12-,14+/m0/s1. The molecular weight excluding hydrogens is 318 g/mol. The molecule has 1 fully saturated rings. The second kappa shape index (κ2) is 6.66. The van der Waals surface area contributed by atoms with Crippen LogP contribution in [-0.2, 0) is 10.0 Å². The van der Waals surface area contributed by atoms with Crippen molar-refractivity contribution < 1.29 is 18.3 Å². The molecule has 0 saturated carbocycles. The van der Waals surface area contributed by atoms with Gasteiger partial charge in [0, 0.05) is 33.1 Å². The van der Waals surface area contributed by atoms with Crippen LogP contribution in [0.15, 0.2) is 24.3 Å². The van der Waals surface area contributed by atoms with Crippen molar-refractivity contribution in [3.8, 4) is 6.07 Å². The molecule has 0 bridgehead atoms. The van der Waals surface area contributed by atoms with Gasteiger partial charge in [0.25, 0.3) is 5.91 Å². The molecule has 0 aromatic heterocycles. The van der Waals surface area contributed by atoms with Crippen LogP contribution in [-0.4, -0.2) is 67.7 Å². The minimum atomic E-state index is -3.46. The Hall–Kier alpha value is -1.95. The average Bonchev–Trinajstić information content (AvgIpc) is 2.86. The number of carbonyl (C=O) groups is 1. The Kier molecular flexibility index (Phi) is 5.04. The minimum Gasteiger partial charge on any atom is -0.391 e. The van der Waals surface area contributed by atoms with E-state index in [0.717, 1.165) is 4.31 Å². The SMILES string of the molecule is CN(C)S(=O)(=O)C[C@@H]1CN(C(=O)c2ccccc2C#N)C[C@H]1O. The Balaban J connectivity index is 2.15. The summed E-state index contributed by atoms with van der Waals surface area (Å²) in [5.41, 5.74) is 0.523. The number of benzene rings is 1. The quantitative estimate of drug-likeness (QED) is 0.825. The van der Waals surface area contributed by atoms with E-state index in [2.05, 4.69) is 0 Å². The summed E-state index contributed by atoms with van der Waals surface area (Å²) in [5.74, 6) is -1.13. The fraction of sp³-hybridized carbons (Fsp3) is 0.467. The lowest BCUT2D eigenvalue weighted by molar-refractivity contribution is 0.0764. The van der Waals surface area contributed by atoms with Crippen molar-refractivity contribution in [1.82, 2.24) is 9.21 Å². The number of rotatable bonds is 4. The number of hydrogen-bond donors (Lipinski definition) is 1. The monoisotopic (exact) mass is 337 g/mol. The number of aliphatic hydroxyl groups excluding tert-OH is 1. The molecule has 0 unspecified atom stereocenters. The molecule has 1 saturated heterocycles. The Morgan fingerprint density at radius 3 is 2.65 bits per heavy atom. The summed E-state index contributed by atoms with van der Waals surface area (Å²) in [6, 6.07) is 8.39. The highest BCUT2D eigenvalue weighted by Crippen LogP contribution is 2.22. The van der Waals surface area contributed by atoms with Crippen molar-refractivity contribution in [3.63, 3.8) is 0 Å². The number of β-amino-alcohol motifs (C(OH)–C–C–N with tert-alkyl or cyclic N) is 1. The number of amides is 1. The average molecular weight is 337 g/mol. The smallest absolute Gasteiger partial charge is 0.255 e. The van der Waals surface area contributed by atoms with E-state index in [1.165, 1.54) is 19.0 Å². The van der Waals surface area contributed by atoms with Gasteiger partial charge in [0.05, 0.1) is 29.1 Å². The zero-order valence-corrected chi connectivity index (χ0v) is 13.8. The number of nitrogens with zero attached hydrogens (tertiary/aromatic N) is 3. The van der Waals surface area contributed by atoms with Crippen molar-refractivity contribution in [2.24, 2.45) is 5.92 Å². The number of hydrogen-bond acceptors (Lipinski definition) is 5.